The first-order valence-electron chi connectivity index (χ1n) is 6.55. The van der Waals surface area contributed by atoms with Crippen LogP contribution in [-0.2, 0) is 9.53 Å². The molecule has 1 aromatic heterocycles. The zero-order valence-corrected chi connectivity index (χ0v) is 11.7. The van der Waals surface area contributed by atoms with Crippen LogP contribution in [-0.4, -0.2) is 54.0 Å². The SMILES string of the molecule is COc1ncnc(N2CCC(OCC(=O)O)CC2)c1C. The highest BCUT2D eigenvalue weighted by molar-refractivity contribution is 5.68. The van der Waals surface area contributed by atoms with Gasteiger partial charge in [0.05, 0.1) is 18.8 Å². The van der Waals surface area contributed by atoms with Crippen molar-refractivity contribution in [1.29, 1.82) is 0 Å². The molecule has 7 heteroatoms. The Kier molecular flexibility index (Phi) is 4.73. The fourth-order valence-corrected chi connectivity index (χ4v) is 2.37. The molecule has 110 valence electrons. The first kappa shape index (κ1) is 14.5. The molecule has 1 saturated heterocycles. The summed E-state index contributed by atoms with van der Waals surface area (Å²) in [5, 5.41) is 8.60. The molecule has 0 atom stereocenters. The van der Waals surface area contributed by atoms with Crippen molar-refractivity contribution in [2.45, 2.75) is 25.9 Å². The number of aliphatic carboxylic acids is 1. The van der Waals surface area contributed by atoms with E-state index in [4.69, 9.17) is 14.6 Å². The van der Waals surface area contributed by atoms with E-state index in [1.54, 1.807) is 7.11 Å². The van der Waals surface area contributed by atoms with Gasteiger partial charge in [0.1, 0.15) is 18.8 Å². The minimum absolute atomic E-state index is 0.00592. The Hall–Kier alpha value is -1.89. The lowest BCUT2D eigenvalue weighted by Gasteiger charge is -2.33. The van der Waals surface area contributed by atoms with Crippen LogP contribution >= 0.6 is 0 Å². The molecular weight excluding hydrogens is 262 g/mol. The quantitative estimate of drug-likeness (QED) is 0.856. The van der Waals surface area contributed by atoms with Crippen molar-refractivity contribution < 1.29 is 19.4 Å². The summed E-state index contributed by atoms with van der Waals surface area (Å²) in [7, 11) is 1.59. The standard InChI is InChI=1S/C13H19N3O4/c1-9-12(14-8-15-13(9)19-2)16-5-3-10(4-6-16)20-7-11(17)18/h8,10H,3-7H2,1-2H3,(H,17,18). The van der Waals surface area contributed by atoms with Gasteiger partial charge in [-0.25, -0.2) is 14.8 Å². The van der Waals surface area contributed by atoms with Crippen molar-refractivity contribution in [2.24, 2.45) is 0 Å². The highest BCUT2D eigenvalue weighted by Crippen LogP contribution is 2.26. The van der Waals surface area contributed by atoms with E-state index >= 15 is 0 Å². The number of rotatable bonds is 5. The molecule has 0 unspecified atom stereocenters. The Morgan fingerprint density at radius 3 is 2.75 bits per heavy atom. The number of hydrogen-bond donors (Lipinski definition) is 1. The summed E-state index contributed by atoms with van der Waals surface area (Å²) in [6, 6.07) is 0. The Balaban J connectivity index is 1.95. The third-order valence-electron chi connectivity index (χ3n) is 3.39. The van der Waals surface area contributed by atoms with Crippen LogP contribution in [0.1, 0.15) is 18.4 Å². The van der Waals surface area contributed by atoms with Gasteiger partial charge in [-0.1, -0.05) is 0 Å². The van der Waals surface area contributed by atoms with Gasteiger partial charge >= 0.3 is 5.97 Å². The number of carboxylic acids is 1. The largest absolute Gasteiger partial charge is 0.481 e. The molecule has 0 amide bonds. The van der Waals surface area contributed by atoms with Crippen molar-refractivity contribution in [3.8, 4) is 5.88 Å². The molecule has 20 heavy (non-hydrogen) atoms. The average Bonchev–Trinajstić information content (AvgIpc) is 2.46. The predicted octanol–water partition coefficient (Wildman–Crippen LogP) is 0.864. The third kappa shape index (κ3) is 3.36. The number of methoxy groups -OCH3 is 1. The summed E-state index contributed by atoms with van der Waals surface area (Å²) in [5.41, 5.74) is 0.917. The van der Waals surface area contributed by atoms with Crippen LogP contribution in [0.2, 0.25) is 0 Å². The van der Waals surface area contributed by atoms with Crippen LogP contribution in [0, 0.1) is 6.92 Å². The normalized spacial score (nSPS) is 16.2. The average molecular weight is 281 g/mol. The summed E-state index contributed by atoms with van der Waals surface area (Å²) in [6.07, 6.45) is 3.08. The molecule has 0 aromatic carbocycles. The second kappa shape index (κ2) is 6.51. The Bertz CT molecular complexity index is 473. The number of nitrogens with zero attached hydrogens (tertiary/aromatic N) is 3. The molecule has 0 radical (unpaired) electrons. The van der Waals surface area contributed by atoms with E-state index in [1.165, 1.54) is 6.33 Å². The van der Waals surface area contributed by atoms with Crippen LogP contribution in [0.4, 0.5) is 5.82 Å². The van der Waals surface area contributed by atoms with E-state index in [2.05, 4.69) is 14.9 Å². The molecule has 2 heterocycles. The van der Waals surface area contributed by atoms with Crippen LogP contribution < -0.4 is 9.64 Å². The molecule has 7 nitrogen and oxygen atoms in total. The Morgan fingerprint density at radius 2 is 2.15 bits per heavy atom. The van der Waals surface area contributed by atoms with Gasteiger partial charge < -0.3 is 19.5 Å². The van der Waals surface area contributed by atoms with Gasteiger partial charge in [-0.2, -0.15) is 0 Å². The highest BCUT2D eigenvalue weighted by atomic mass is 16.5. The molecule has 0 bridgehead atoms. The first-order valence-corrected chi connectivity index (χ1v) is 6.55. The van der Waals surface area contributed by atoms with Gasteiger partial charge in [-0.15, -0.1) is 0 Å². The van der Waals surface area contributed by atoms with Gasteiger partial charge in [-0.3, -0.25) is 0 Å². The topological polar surface area (TPSA) is 84.8 Å². The maximum atomic E-state index is 10.5. The fraction of sp³-hybridized carbons (Fsp3) is 0.615. The van der Waals surface area contributed by atoms with E-state index in [-0.39, 0.29) is 12.7 Å². The number of carbonyl (C=O) groups is 1. The first-order chi connectivity index (χ1) is 9.61. The zero-order valence-electron chi connectivity index (χ0n) is 11.7. The second-order valence-corrected chi connectivity index (χ2v) is 4.72. The van der Waals surface area contributed by atoms with Gasteiger partial charge in [0.15, 0.2) is 0 Å². The molecule has 2 rings (SSSR count). The predicted molar refractivity (Wildman–Crippen MR) is 72.1 cm³/mol. The number of anilines is 1. The van der Waals surface area contributed by atoms with Crippen molar-refractivity contribution in [3.63, 3.8) is 0 Å². The number of aromatic nitrogens is 2. The van der Waals surface area contributed by atoms with Gasteiger partial charge in [0, 0.05) is 13.1 Å². The van der Waals surface area contributed by atoms with E-state index in [1.807, 2.05) is 6.92 Å². The summed E-state index contributed by atoms with van der Waals surface area (Å²) in [5.74, 6) is 0.525. The van der Waals surface area contributed by atoms with Gasteiger partial charge in [0.2, 0.25) is 5.88 Å². The van der Waals surface area contributed by atoms with Crippen molar-refractivity contribution >= 4 is 11.8 Å². The molecule has 1 fully saturated rings. The maximum absolute atomic E-state index is 10.5. The maximum Gasteiger partial charge on any atom is 0.329 e. The number of carboxylic acid groups (broad SMARTS) is 1. The van der Waals surface area contributed by atoms with Crippen molar-refractivity contribution in [2.75, 3.05) is 31.7 Å². The molecule has 1 aliphatic heterocycles. The molecule has 0 aliphatic carbocycles. The summed E-state index contributed by atoms with van der Waals surface area (Å²) >= 11 is 0. The summed E-state index contributed by atoms with van der Waals surface area (Å²) < 4.78 is 10.5. The van der Waals surface area contributed by atoms with E-state index in [0.717, 1.165) is 37.3 Å². The second-order valence-electron chi connectivity index (χ2n) is 4.72. The van der Waals surface area contributed by atoms with E-state index < -0.39 is 5.97 Å². The Labute approximate surface area is 117 Å². The lowest BCUT2D eigenvalue weighted by Crippen LogP contribution is -2.38. The fourth-order valence-electron chi connectivity index (χ4n) is 2.37. The van der Waals surface area contributed by atoms with Crippen LogP contribution in [0.25, 0.3) is 0 Å². The lowest BCUT2D eigenvalue weighted by molar-refractivity contribution is -0.144. The third-order valence-corrected chi connectivity index (χ3v) is 3.39. The van der Waals surface area contributed by atoms with Gasteiger partial charge in [-0.05, 0) is 19.8 Å². The monoisotopic (exact) mass is 281 g/mol. The smallest absolute Gasteiger partial charge is 0.329 e. The lowest BCUT2D eigenvalue weighted by atomic mass is 10.1. The van der Waals surface area contributed by atoms with Crippen LogP contribution in [0.3, 0.4) is 0 Å². The minimum Gasteiger partial charge on any atom is -0.481 e. The summed E-state index contributed by atoms with van der Waals surface area (Å²) in [4.78, 5) is 21.0. The number of hydrogen-bond acceptors (Lipinski definition) is 6. The van der Waals surface area contributed by atoms with E-state index in [9.17, 15) is 4.79 Å². The molecular formula is C13H19N3O4. The molecule has 0 saturated carbocycles. The van der Waals surface area contributed by atoms with Gasteiger partial charge in [0.25, 0.3) is 0 Å². The zero-order chi connectivity index (χ0) is 14.5. The number of ether oxygens (including phenoxy) is 2. The van der Waals surface area contributed by atoms with Crippen LogP contribution in [0.15, 0.2) is 6.33 Å². The molecule has 1 aromatic rings. The molecule has 1 aliphatic rings. The Morgan fingerprint density at radius 1 is 1.45 bits per heavy atom. The van der Waals surface area contributed by atoms with Crippen molar-refractivity contribution in [3.05, 3.63) is 11.9 Å². The summed E-state index contributed by atoms with van der Waals surface area (Å²) in [6.45, 7) is 3.27. The van der Waals surface area contributed by atoms with E-state index in [0.29, 0.717) is 5.88 Å². The highest BCUT2D eigenvalue weighted by Gasteiger charge is 2.23. The molecule has 1 N–H and O–H groups in total. The van der Waals surface area contributed by atoms with Crippen molar-refractivity contribution in [1.82, 2.24) is 9.97 Å². The van der Waals surface area contributed by atoms with Crippen LogP contribution in [0.5, 0.6) is 5.88 Å². The number of piperidine rings is 1. The molecule has 0 spiro atoms. The minimum atomic E-state index is -0.927.